The summed E-state index contributed by atoms with van der Waals surface area (Å²) in [5, 5.41) is 3.33. The van der Waals surface area contributed by atoms with Gasteiger partial charge in [-0.05, 0) is 33.2 Å². The zero-order chi connectivity index (χ0) is 11.9. The lowest BCUT2D eigenvalue weighted by atomic mass is 9.93. The van der Waals surface area contributed by atoms with Crippen molar-refractivity contribution in [2.45, 2.75) is 76.9 Å². The van der Waals surface area contributed by atoms with Crippen molar-refractivity contribution in [1.82, 2.24) is 5.32 Å². The van der Waals surface area contributed by atoms with Crippen LogP contribution in [0.5, 0.6) is 0 Å². The van der Waals surface area contributed by atoms with E-state index < -0.39 is 0 Å². The first-order chi connectivity index (χ1) is 7.72. The first-order valence-corrected chi connectivity index (χ1v) is 7.05. The molecule has 0 aromatic heterocycles. The number of likely N-dealkylation sites (N-methyl/N-ethyl adjacent to an activating group) is 1. The maximum absolute atomic E-state index is 6.38. The summed E-state index contributed by atoms with van der Waals surface area (Å²) in [5.41, 5.74) is 0.125. The van der Waals surface area contributed by atoms with E-state index >= 15 is 0 Å². The van der Waals surface area contributed by atoms with Crippen LogP contribution in [0.3, 0.4) is 0 Å². The molecule has 0 aliphatic heterocycles. The standard InChI is InChI=1S/C14H29NO/c1-4-9-13(2)16-14(12-15-3)10-7-5-6-8-11-14/h13,15H,4-12H2,1-3H3. The Hall–Kier alpha value is -0.0800. The molecule has 1 aliphatic carbocycles. The van der Waals surface area contributed by atoms with Crippen LogP contribution in [0.15, 0.2) is 0 Å². The molecular formula is C14H29NO. The van der Waals surface area contributed by atoms with E-state index in [4.69, 9.17) is 4.74 Å². The van der Waals surface area contributed by atoms with Crippen LogP contribution in [-0.2, 0) is 4.74 Å². The molecule has 2 nitrogen and oxygen atoms in total. The maximum atomic E-state index is 6.38. The number of nitrogens with one attached hydrogen (secondary N) is 1. The predicted molar refractivity (Wildman–Crippen MR) is 69.8 cm³/mol. The lowest BCUT2D eigenvalue weighted by molar-refractivity contribution is -0.0960. The summed E-state index contributed by atoms with van der Waals surface area (Å²) in [4.78, 5) is 0. The molecule has 1 atom stereocenters. The number of hydrogen-bond donors (Lipinski definition) is 1. The van der Waals surface area contributed by atoms with Gasteiger partial charge in [-0.3, -0.25) is 0 Å². The molecule has 0 radical (unpaired) electrons. The van der Waals surface area contributed by atoms with Crippen LogP contribution in [0.4, 0.5) is 0 Å². The topological polar surface area (TPSA) is 21.3 Å². The average molecular weight is 227 g/mol. The van der Waals surface area contributed by atoms with Crippen LogP contribution in [0.2, 0.25) is 0 Å². The fourth-order valence-corrected chi connectivity index (χ4v) is 2.92. The van der Waals surface area contributed by atoms with Gasteiger partial charge in [-0.25, -0.2) is 0 Å². The van der Waals surface area contributed by atoms with Crippen molar-refractivity contribution in [3.8, 4) is 0 Å². The SMILES string of the molecule is CCCC(C)OC1(CNC)CCCCCC1. The van der Waals surface area contributed by atoms with Crippen molar-refractivity contribution >= 4 is 0 Å². The largest absolute Gasteiger partial charge is 0.371 e. The van der Waals surface area contributed by atoms with E-state index in [0.29, 0.717) is 6.10 Å². The maximum Gasteiger partial charge on any atom is 0.0809 e. The van der Waals surface area contributed by atoms with Crippen molar-refractivity contribution < 1.29 is 4.74 Å². The Bertz CT molecular complexity index is 174. The van der Waals surface area contributed by atoms with Gasteiger partial charge in [0.2, 0.25) is 0 Å². The van der Waals surface area contributed by atoms with Gasteiger partial charge in [0.05, 0.1) is 11.7 Å². The van der Waals surface area contributed by atoms with Crippen LogP contribution in [-0.4, -0.2) is 25.3 Å². The molecule has 1 fully saturated rings. The Morgan fingerprint density at radius 3 is 2.31 bits per heavy atom. The van der Waals surface area contributed by atoms with Gasteiger partial charge in [0.1, 0.15) is 0 Å². The number of ether oxygens (including phenoxy) is 1. The summed E-state index contributed by atoms with van der Waals surface area (Å²) in [5.74, 6) is 0. The quantitative estimate of drug-likeness (QED) is 0.701. The van der Waals surface area contributed by atoms with Crippen molar-refractivity contribution in [2.24, 2.45) is 0 Å². The fourth-order valence-electron chi connectivity index (χ4n) is 2.92. The second kappa shape index (κ2) is 7.29. The van der Waals surface area contributed by atoms with E-state index in [-0.39, 0.29) is 5.60 Å². The highest BCUT2D eigenvalue weighted by atomic mass is 16.5. The molecule has 0 spiro atoms. The summed E-state index contributed by atoms with van der Waals surface area (Å²) in [6.07, 6.45) is 10.7. The summed E-state index contributed by atoms with van der Waals surface area (Å²) >= 11 is 0. The van der Waals surface area contributed by atoms with Gasteiger partial charge in [-0.2, -0.15) is 0 Å². The van der Waals surface area contributed by atoms with Crippen LogP contribution < -0.4 is 5.32 Å². The Morgan fingerprint density at radius 2 is 1.81 bits per heavy atom. The lowest BCUT2D eigenvalue weighted by Crippen LogP contribution is -2.43. The molecule has 1 aliphatic rings. The van der Waals surface area contributed by atoms with Gasteiger partial charge in [-0.1, -0.05) is 39.0 Å². The molecular weight excluding hydrogens is 198 g/mol. The van der Waals surface area contributed by atoms with Crippen LogP contribution >= 0.6 is 0 Å². The molecule has 0 bridgehead atoms. The van der Waals surface area contributed by atoms with Gasteiger partial charge in [0, 0.05) is 6.54 Å². The average Bonchev–Trinajstić information content (AvgIpc) is 2.45. The van der Waals surface area contributed by atoms with E-state index in [1.807, 2.05) is 7.05 Å². The van der Waals surface area contributed by atoms with E-state index in [1.165, 1.54) is 51.4 Å². The highest BCUT2D eigenvalue weighted by Gasteiger charge is 2.32. The lowest BCUT2D eigenvalue weighted by Gasteiger charge is -2.36. The van der Waals surface area contributed by atoms with E-state index in [2.05, 4.69) is 19.2 Å². The van der Waals surface area contributed by atoms with Gasteiger partial charge in [-0.15, -0.1) is 0 Å². The van der Waals surface area contributed by atoms with Crippen LogP contribution in [0, 0.1) is 0 Å². The molecule has 1 saturated carbocycles. The van der Waals surface area contributed by atoms with Crippen LogP contribution in [0.1, 0.15) is 65.2 Å². The molecule has 0 saturated heterocycles. The first kappa shape index (κ1) is 14.0. The molecule has 96 valence electrons. The second-order valence-corrected chi connectivity index (χ2v) is 5.34. The fraction of sp³-hybridized carbons (Fsp3) is 1.00. The van der Waals surface area contributed by atoms with Gasteiger partial charge in [0.25, 0.3) is 0 Å². The molecule has 0 amide bonds. The minimum atomic E-state index is 0.125. The van der Waals surface area contributed by atoms with E-state index in [0.717, 1.165) is 6.54 Å². The zero-order valence-electron chi connectivity index (χ0n) is 11.3. The molecule has 1 N–H and O–H groups in total. The smallest absolute Gasteiger partial charge is 0.0809 e. The normalized spacial score (nSPS) is 22.7. The summed E-state index contributed by atoms with van der Waals surface area (Å²) in [6, 6.07) is 0. The van der Waals surface area contributed by atoms with Crippen molar-refractivity contribution in [1.29, 1.82) is 0 Å². The first-order valence-electron chi connectivity index (χ1n) is 7.05. The van der Waals surface area contributed by atoms with Gasteiger partial charge >= 0.3 is 0 Å². The van der Waals surface area contributed by atoms with E-state index in [1.54, 1.807) is 0 Å². The van der Waals surface area contributed by atoms with Gasteiger partial charge in [0.15, 0.2) is 0 Å². The summed E-state index contributed by atoms with van der Waals surface area (Å²) in [6.45, 7) is 5.48. The third-order valence-electron chi connectivity index (χ3n) is 3.66. The minimum absolute atomic E-state index is 0.125. The molecule has 2 heteroatoms. The Balaban J connectivity index is 2.54. The van der Waals surface area contributed by atoms with Crippen molar-refractivity contribution in [3.63, 3.8) is 0 Å². The molecule has 0 heterocycles. The van der Waals surface area contributed by atoms with Crippen LogP contribution in [0.25, 0.3) is 0 Å². The Kier molecular flexibility index (Phi) is 6.37. The second-order valence-electron chi connectivity index (χ2n) is 5.34. The van der Waals surface area contributed by atoms with Gasteiger partial charge < -0.3 is 10.1 Å². The molecule has 1 rings (SSSR count). The number of rotatable bonds is 6. The number of hydrogen-bond acceptors (Lipinski definition) is 2. The highest BCUT2D eigenvalue weighted by molar-refractivity contribution is 4.86. The van der Waals surface area contributed by atoms with Crippen molar-refractivity contribution in [2.75, 3.05) is 13.6 Å². The highest BCUT2D eigenvalue weighted by Crippen LogP contribution is 2.31. The molecule has 0 aromatic rings. The summed E-state index contributed by atoms with van der Waals surface area (Å²) in [7, 11) is 2.04. The van der Waals surface area contributed by atoms with Crippen molar-refractivity contribution in [3.05, 3.63) is 0 Å². The predicted octanol–water partition coefficient (Wildman–Crippen LogP) is 3.50. The molecule has 16 heavy (non-hydrogen) atoms. The molecule has 1 unspecified atom stereocenters. The third-order valence-corrected chi connectivity index (χ3v) is 3.66. The minimum Gasteiger partial charge on any atom is -0.371 e. The third kappa shape index (κ3) is 4.42. The summed E-state index contributed by atoms with van der Waals surface area (Å²) < 4.78 is 6.38. The van der Waals surface area contributed by atoms with E-state index in [9.17, 15) is 0 Å². The zero-order valence-corrected chi connectivity index (χ0v) is 11.3. The monoisotopic (exact) mass is 227 g/mol. The Labute approximate surface area is 101 Å². The molecule has 0 aromatic carbocycles. The Morgan fingerprint density at radius 1 is 1.19 bits per heavy atom.